The molecule has 20 heavy (non-hydrogen) atoms. The van der Waals surface area contributed by atoms with Crippen LogP contribution in [0.5, 0.6) is 0 Å². The van der Waals surface area contributed by atoms with E-state index < -0.39 is 10.0 Å². The predicted octanol–water partition coefficient (Wildman–Crippen LogP) is 0.418. The summed E-state index contributed by atoms with van der Waals surface area (Å²) >= 11 is 5.64. The Bertz CT molecular complexity index is 408. The lowest BCUT2D eigenvalue weighted by atomic mass is 10.1. The molecule has 1 rings (SSSR count). The van der Waals surface area contributed by atoms with Crippen LogP contribution < -0.4 is 4.72 Å². The molecule has 0 aliphatic carbocycles. The van der Waals surface area contributed by atoms with E-state index in [1.165, 1.54) is 7.11 Å². The van der Waals surface area contributed by atoms with E-state index in [2.05, 4.69) is 4.72 Å². The number of ether oxygens (including phenoxy) is 1. The van der Waals surface area contributed by atoms with Gasteiger partial charge in [-0.1, -0.05) is 6.92 Å². The first-order chi connectivity index (χ1) is 9.38. The van der Waals surface area contributed by atoms with Crippen molar-refractivity contribution in [3.63, 3.8) is 0 Å². The second-order valence-corrected chi connectivity index (χ2v) is 7.35. The van der Waals surface area contributed by atoms with Crippen LogP contribution in [0.2, 0.25) is 0 Å². The highest BCUT2D eigenvalue weighted by molar-refractivity contribution is 7.89. The van der Waals surface area contributed by atoms with Crippen LogP contribution in [0.4, 0.5) is 0 Å². The fourth-order valence-electron chi connectivity index (χ4n) is 2.18. The summed E-state index contributed by atoms with van der Waals surface area (Å²) in [5.41, 5.74) is 0. The van der Waals surface area contributed by atoms with Crippen LogP contribution in [0.1, 0.15) is 19.8 Å². The van der Waals surface area contributed by atoms with Crippen molar-refractivity contribution in [2.75, 3.05) is 38.4 Å². The largest absolute Gasteiger partial charge is 0.375 e. The number of methoxy groups -OCH3 is 1. The van der Waals surface area contributed by atoms with Gasteiger partial charge in [-0.15, -0.1) is 11.6 Å². The molecule has 0 aromatic carbocycles. The Hall–Kier alpha value is -0.370. The molecule has 1 atom stereocenters. The Balaban J connectivity index is 2.40. The van der Waals surface area contributed by atoms with Crippen molar-refractivity contribution in [1.82, 2.24) is 9.62 Å². The number of carbonyl (C=O) groups excluding carboxylic acids is 1. The van der Waals surface area contributed by atoms with Gasteiger partial charge < -0.3 is 9.64 Å². The fraction of sp³-hybridized carbons (Fsp3) is 0.917. The number of nitrogens with one attached hydrogen (secondary N) is 1. The van der Waals surface area contributed by atoms with Crippen LogP contribution >= 0.6 is 11.6 Å². The van der Waals surface area contributed by atoms with E-state index in [1.54, 1.807) is 11.8 Å². The summed E-state index contributed by atoms with van der Waals surface area (Å²) in [7, 11) is -1.82. The zero-order valence-electron chi connectivity index (χ0n) is 12.0. The molecule has 1 N–H and O–H groups in total. The molecule has 1 fully saturated rings. The highest BCUT2D eigenvalue weighted by atomic mass is 35.5. The first kappa shape index (κ1) is 17.7. The minimum Gasteiger partial charge on any atom is -0.375 e. The Morgan fingerprint density at radius 3 is 2.55 bits per heavy atom. The van der Waals surface area contributed by atoms with Crippen molar-refractivity contribution in [2.24, 2.45) is 5.92 Å². The molecule has 8 heteroatoms. The number of piperidine rings is 1. The minimum absolute atomic E-state index is 0.0410. The van der Waals surface area contributed by atoms with Gasteiger partial charge in [-0.2, -0.15) is 0 Å². The maximum atomic E-state index is 11.9. The summed E-state index contributed by atoms with van der Waals surface area (Å²) in [6.07, 6.45) is 1.26. The molecule has 0 radical (unpaired) electrons. The molecule has 1 heterocycles. The van der Waals surface area contributed by atoms with E-state index in [9.17, 15) is 13.2 Å². The lowest BCUT2D eigenvalue weighted by Gasteiger charge is -2.32. The summed E-state index contributed by atoms with van der Waals surface area (Å²) in [4.78, 5) is 13.3. The number of likely N-dealkylation sites (tertiary alicyclic amines) is 1. The van der Waals surface area contributed by atoms with E-state index >= 15 is 0 Å². The van der Waals surface area contributed by atoms with Crippen molar-refractivity contribution in [3.05, 3.63) is 0 Å². The molecule has 6 nitrogen and oxygen atoms in total. The summed E-state index contributed by atoms with van der Waals surface area (Å²) < 4.78 is 31.3. The van der Waals surface area contributed by atoms with Crippen molar-refractivity contribution in [3.8, 4) is 0 Å². The van der Waals surface area contributed by atoms with Gasteiger partial charge in [0.25, 0.3) is 0 Å². The van der Waals surface area contributed by atoms with Gasteiger partial charge in [0.15, 0.2) is 0 Å². The first-order valence-corrected chi connectivity index (χ1v) is 8.89. The fourth-order valence-corrected chi connectivity index (χ4v) is 4.13. The lowest BCUT2D eigenvalue weighted by Crippen LogP contribution is -2.48. The third kappa shape index (κ3) is 5.95. The number of hydrogen-bond donors (Lipinski definition) is 1. The van der Waals surface area contributed by atoms with Gasteiger partial charge in [-0.25, -0.2) is 13.1 Å². The van der Waals surface area contributed by atoms with Crippen LogP contribution in [0.25, 0.3) is 0 Å². The third-order valence-corrected chi connectivity index (χ3v) is 5.46. The number of hydrogen-bond acceptors (Lipinski definition) is 4. The van der Waals surface area contributed by atoms with Crippen molar-refractivity contribution < 1.29 is 17.9 Å². The van der Waals surface area contributed by atoms with E-state index in [0.717, 1.165) is 0 Å². The van der Waals surface area contributed by atoms with Crippen molar-refractivity contribution in [2.45, 2.75) is 25.8 Å². The van der Waals surface area contributed by atoms with Crippen LogP contribution in [0, 0.1) is 5.92 Å². The van der Waals surface area contributed by atoms with E-state index in [0.29, 0.717) is 31.8 Å². The molecule has 1 amide bonds. The van der Waals surface area contributed by atoms with Crippen LogP contribution in [-0.4, -0.2) is 63.7 Å². The standard InChI is InChI=1S/C12H23ClN2O4S/c1-10(7-13)9-20(17,18)14-11-3-5-15(6-4-11)12(16)8-19-2/h10-11,14H,3-9H2,1-2H3. The molecular weight excluding hydrogens is 304 g/mol. The quantitative estimate of drug-likeness (QED) is 0.688. The second kappa shape index (κ2) is 8.17. The molecule has 1 aliphatic rings. The number of amides is 1. The summed E-state index contributed by atoms with van der Waals surface area (Å²) in [6.45, 7) is 2.99. The molecule has 0 aromatic heterocycles. The summed E-state index contributed by atoms with van der Waals surface area (Å²) in [6, 6.07) is -0.103. The smallest absolute Gasteiger partial charge is 0.248 e. The van der Waals surface area contributed by atoms with Gasteiger partial charge in [-0.05, 0) is 18.8 Å². The number of nitrogens with zero attached hydrogens (tertiary/aromatic N) is 1. The number of rotatable bonds is 7. The molecule has 1 aliphatic heterocycles. The highest BCUT2D eigenvalue weighted by Crippen LogP contribution is 2.13. The Kier molecular flexibility index (Phi) is 7.22. The third-order valence-electron chi connectivity index (χ3n) is 3.23. The van der Waals surface area contributed by atoms with Gasteiger partial charge in [0.1, 0.15) is 6.61 Å². The number of carbonyl (C=O) groups is 1. The second-order valence-electron chi connectivity index (χ2n) is 5.25. The Labute approximate surface area is 125 Å². The topological polar surface area (TPSA) is 75.7 Å². The van der Waals surface area contributed by atoms with Gasteiger partial charge in [0.2, 0.25) is 15.9 Å². The monoisotopic (exact) mass is 326 g/mol. The predicted molar refractivity (Wildman–Crippen MR) is 78.3 cm³/mol. The molecule has 0 bridgehead atoms. The number of sulfonamides is 1. The van der Waals surface area contributed by atoms with Crippen molar-refractivity contribution >= 4 is 27.5 Å². The Morgan fingerprint density at radius 1 is 1.45 bits per heavy atom. The summed E-state index contributed by atoms with van der Waals surface area (Å²) in [5, 5.41) is 0. The molecule has 0 spiro atoms. The maximum absolute atomic E-state index is 11.9. The average Bonchev–Trinajstić information content (AvgIpc) is 2.38. The zero-order chi connectivity index (χ0) is 15.2. The number of halogens is 1. The van der Waals surface area contributed by atoms with Gasteiger partial charge in [-0.3, -0.25) is 4.79 Å². The van der Waals surface area contributed by atoms with Gasteiger partial charge in [0, 0.05) is 32.1 Å². The minimum atomic E-state index is -3.30. The molecule has 0 saturated carbocycles. The SMILES string of the molecule is COCC(=O)N1CCC(NS(=O)(=O)CC(C)CCl)CC1. The zero-order valence-corrected chi connectivity index (χ0v) is 13.5. The lowest BCUT2D eigenvalue weighted by molar-refractivity contribution is -0.136. The maximum Gasteiger partial charge on any atom is 0.248 e. The molecule has 0 aromatic rings. The highest BCUT2D eigenvalue weighted by Gasteiger charge is 2.26. The molecule has 1 saturated heterocycles. The van der Waals surface area contributed by atoms with E-state index in [4.69, 9.17) is 16.3 Å². The van der Waals surface area contributed by atoms with Crippen molar-refractivity contribution in [1.29, 1.82) is 0 Å². The van der Waals surface area contributed by atoms with E-state index in [-0.39, 0.29) is 30.2 Å². The first-order valence-electron chi connectivity index (χ1n) is 6.70. The van der Waals surface area contributed by atoms with Gasteiger partial charge in [0.05, 0.1) is 5.75 Å². The average molecular weight is 327 g/mol. The molecule has 118 valence electrons. The van der Waals surface area contributed by atoms with E-state index in [1.807, 2.05) is 0 Å². The normalized spacial score (nSPS) is 19.1. The van der Waals surface area contributed by atoms with Gasteiger partial charge >= 0.3 is 0 Å². The summed E-state index contributed by atoms with van der Waals surface area (Å²) in [5.74, 6) is 0.242. The number of alkyl halides is 1. The van der Waals surface area contributed by atoms with Crippen LogP contribution in [0.3, 0.4) is 0 Å². The van der Waals surface area contributed by atoms with Crippen LogP contribution in [-0.2, 0) is 19.6 Å². The molecule has 1 unspecified atom stereocenters. The molecular formula is C12H23ClN2O4S. The van der Waals surface area contributed by atoms with Crippen LogP contribution in [0.15, 0.2) is 0 Å². The Morgan fingerprint density at radius 2 is 2.05 bits per heavy atom.